The first kappa shape index (κ1) is 17.5. The third-order valence-electron chi connectivity index (χ3n) is 5.43. The molecule has 0 bridgehead atoms. The van der Waals surface area contributed by atoms with Crippen molar-refractivity contribution in [3.05, 3.63) is 59.3 Å². The smallest absolute Gasteiger partial charge is 0.296 e. The Balaban J connectivity index is 1.86. The van der Waals surface area contributed by atoms with E-state index in [0.29, 0.717) is 17.1 Å². The normalized spacial score (nSPS) is 23.1. The highest BCUT2D eigenvalue weighted by Gasteiger charge is 2.50. The van der Waals surface area contributed by atoms with Crippen molar-refractivity contribution in [1.29, 1.82) is 0 Å². The average Bonchev–Trinajstić information content (AvgIpc) is 3.24. The number of carbonyl (C=O) groups excluding carboxylic acids is 2. The molecule has 2 aliphatic rings. The summed E-state index contributed by atoms with van der Waals surface area (Å²) in [5, 5.41) is 10.9. The van der Waals surface area contributed by atoms with Crippen LogP contribution in [0.4, 0.5) is 0 Å². The molecule has 2 fully saturated rings. The first-order valence-corrected chi connectivity index (χ1v) is 9.35. The number of furan rings is 1. The monoisotopic (exact) mass is 366 g/mol. The molecule has 27 heavy (non-hydrogen) atoms. The van der Waals surface area contributed by atoms with Crippen LogP contribution in [0.2, 0.25) is 0 Å². The summed E-state index contributed by atoms with van der Waals surface area (Å²) in [5.41, 5.74) is 0.547. The summed E-state index contributed by atoms with van der Waals surface area (Å²) in [4.78, 5) is 31.4. The Morgan fingerprint density at radius 1 is 1.11 bits per heavy atom. The van der Waals surface area contributed by atoms with Crippen LogP contribution < -0.4 is 0 Å². The van der Waals surface area contributed by atoms with E-state index in [0.717, 1.165) is 32.1 Å². The van der Waals surface area contributed by atoms with E-state index in [4.69, 9.17) is 4.42 Å². The Labute approximate surface area is 157 Å². The summed E-state index contributed by atoms with van der Waals surface area (Å²) < 4.78 is 5.80. The number of aliphatic hydroxyl groups is 1. The molecule has 1 aliphatic carbocycles. The molecule has 1 saturated heterocycles. The van der Waals surface area contributed by atoms with Gasteiger partial charge >= 0.3 is 0 Å². The maximum atomic E-state index is 12.9. The van der Waals surface area contributed by atoms with Gasteiger partial charge in [-0.1, -0.05) is 19.3 Å². The van der Waals surface area contributed by atoms with Gasteiger partial charge in [0, 0.05) is 24.0 Å². The molecule has 1 atom stereocenters. The summed E-state index contributed by atoms with van der Waals surface area (Å²) in [6.45, 7) is 1.82. The SMILES string of the molecule is Cc1ccc(C2/C(=C(/O)c3ccncc3)C(=O)C(=O)N2C2CCCCC2)o1. The van der Waals surface area contributed by atoms with Gasteiger partial charge in [-0.15, -0.1) is 0 Å². The largest absolute Gasteiger partial charge is 0.507 e. The van der Waals surface area contributed by atoms with Crippen molar-refractivity contribution in [1.82, 2.24) is 9.88 Å². The van der Waals surface area contributed by atoms with Crippen molar-refractivity contribution in [3.8, 4) is 0 Å². The fraction of sp³-hybridized carbons (Fsp3) is 0.381. The van der Waals surface area contributed by atoms with E-state index in [1.165, 1.54) is 12.4 Å². The summed E-state index contributed by atoms with van der Waals surface area (Å²) in [7, 11) is 0. The topological polar surface area (TPSA) is 83.6 Å². The van der Waals surface area contributed by atoms with Gasteiger partial charge < -0.3 is 14.4 Å². The van der Waals surface area contributed by atoms with Crippen LogP contribution in [0.5, 0.6) is 0 Å². The molecular formula is C21H22N2O4. The third-order valence-corrected chi connectivity index (χ3v) is 5.43. The number of aliphatic hydroxyl groups excluding tert-OH is 1. The van der Waals surface area contributed by atoms with Gasteiger partial charge in [-0.3, -0.25) is 14.6 Å². The van der Waals surface area contributed by atoms with E-state index in [9.17, 15) is 14.7 Å². The van der Waals surface area contributed by atoms with Crippen LogP contribution in [0.15, 0.2) is 46.6 Å². The number of nitrogens with zero attached hydrogens (tertiary/aromatic N) is 2. The second kappa shape index (κ2) is 7.02. The van der Waals surface area contributed by atoms with Gasteiger partial charge in [-0.2, -0.15) is 0 Å². The van der Waals surface area contributed by atoms with Gasteiger partial charge in [0.25, 0.3) is 11.7 Å². The van der Waals surface area contributed by atoms with E-state index >= 15 is 0 Å². The molecule has 1 saturated carbocycles. The lowest BCUT2D eigenvalue weighted by Crippen LogP contribution is -2.40. The second-order valence-corrected chi connectivity index (χ2v) is 7.18. The van der Waals surface area contributed by atoms with Gasteiger partial charge in [0.15, 0.2) is 0 Å². The first-order chi connectivity index (χ1) is 13.1. The lowest BCUT2D eigenvalue weighted by atomic mass is 9.92. The fourth-order valence-electron chi connectivity index (χ4n) is 4.13. The van der Waals surface area contributed by atoms with E-state index < -0.39 is 17.7 Å². The van der Waals surface area contributed by atoms with E-state index in [2.05, 4.69) is 4.98 Å². The van der Waals surface area contributed by atoms with Gasteiger partial charge in [0.2, 0.25) is 0 Å². The minimum absolute atomic E-state index is 0.0200. The second-order valence-electron chi connectivity index (χ2n) is 7.18. The van der Waals surface area contributed by atoms with Crippen LogP contribution in [0.25, 0.3) is 5.76 Å². The van der Waals surface area contributed by atoms with Crippen molar-refractivity contribution in [2.24, 2.45) is 0 Å². The molecule has 6 nitrogen and oxygen atoms in total. The molecule has 6 heteroatoms. The molecule has 2 aromatic heterocycles. The highest BCUT2D eigenvalue weighted by Crippen LogP contribution is 2.43. The molecule has 1 aliphatic heterocycles. The molecule has 1 N–H and O–H groups in total. The maximum absolute atomic E-state index is 12.9. The van der Waals surface area contributed by atoms with Crippen LogP contribution in [0, 0.1) is 6.92 Å². The first-order valence-electron chi connectivity index (χ1n) is 9.35. The maximum Gasteiger partial charge on any atom is 0.296 e. The molecule has 0 radical (unpaired) electrons. The molecule has 140 valence electrons. The summed E-state index contributed by atoms with van der Waals surface area (Å²) in [5.74, 6) is -0.199. The van der Waals surface area contributed by atoms with Gasteiger partial charge in [0.05, 0.1) is 5.57 Å². The zero-order valence-corrected chi connectivity index (χ0v) is 15.2. The van der Waals surface area contributed by atoms with E-state index in [1.807, 2.05) is 13.0 Å². The zero-order chi connectivity index (χ0) is 19.0. The lowest BCUT2D eigenvalue weighted by molar-refractivity contribution is -0.142. The van der Waals surface area contributed by atoms with Crippen LogP contribution >= 0.6 is 0 Å². The number of amides is 1. The average molecular weight is 366 g/mol. The summed E-state index contributed by atoms with van der Waals surface area (Å²) in [6.07, 6.45) is 8.00. The standard InChI is InChI=1S/C21H22N2O4/c1-13-7-8-16(27-13)18-17(19(24)14-9-11-22-12-10-14)20(25)21(26)23(18)15-5-3-2-4-6-15/h7-12,15,18,24H,2-6H2,1H3/b19-17-. The van der Waals surface area contributed by atoms with Crippen molar-refractivity contribution < 1.29 is 19.1 Å². The molecule has 4 rings (SSSR count). The quantitative estimate of drug-likeness (QED) is 0.508. The number of aromatic nitrogens is 1. The van der Waals surface area contributed by atoms with Gasteiger partial charge in [-0.25, -0.2) is 0 Å². The predicted octanol–water partition coefficient (Wildman–Crippen LogP) is 3.74. The Hall–Kier alpha value is -2.89. The molecular weight excluding hydrogens is 344 g/mol. The Morgan fingerprint density at radius 2 is 1.81 bits per heavy atom. The number of pyridine rings is 1. The lowest BCUT2D eigenvalue weighted by Gasteiger charge is -2.34. The molecule has 2 aromatic rings. The number of Topliss-reactive ketones (excluding diaryl/α,β-unsaturated/α-hetero) is 1. The van der Waals surface area contributed by atoms with Crippen LogP contribution in [-0.2, 0) is 9.59 Å². The molecule has 3 heterocycles. The van der Waals surface area contributed by atoms with E-state index in [-0.39, 0.29) is 17.4 Å². The number of hydrogen-bond acceptors (Lipinski definition) is 5. The highest BCUT2D eigenvalue weighted by molar-refractivity contribution is 6.46. The number of hydrogen-bond donors (Lipinski definition) is 1. The number of rotatable bonds is 3. The van der Waals surface area contributed by atoms with Crippen LogP contribution in [0.3, 0.4) is 0 Å². The molecule has 0 spiro atoms. The number of ketones is 1. The summed E-state index contributed by atoms with van der Waals surface area (Å²) in [6, 6.07) is 6.11. The Bertz CT molecular complexity index is 894. The number of carbonyl (C=O) groups is 2. The third kappa shape index (κ3) is 3.05. The van der Waals surface area contributed by atoms with Crippen molar-refractivity contribution in [2.45, 2.75) is 51.1 Å². The van der Waals surface area contributed by atoms with Crippen molar-refractivity contribution >= 4 is 17.4 Å². The molecule has 1 amide bonds. The Morgan fingerprint density at radius 3 is 2.44 bits per heavy atom. The minimum atomic E-state index is -0.699. The molecule has 0 aromatic carbocycles. The zero-order valence-electron chi connectivity index (χ0n) is 15.2. The number of likely N-dealkylation sites (tertiary alicyclic amines) is 1. The van der Waals surface area contributed by atoms with Crippen molar-refractivity contribution in [3.63, 3.8) is 0 Å². The minimum Gasteiger partial charge on any atom is -0.507 e. The summed E-state index contributed by atoms with van der Waals surface area (Å²) >= 11 is 0. The fourth-order valence-corrected chi connectivity index (χ4v) is 4.13. The van der Waals surface area contributed by atoms with Gasteiger partial charge in [-0.05, 0) is 44.0 Å². The predicted molar refractivity (Wildman–Crippen MR) is 98.7 cm³/mol. The van der Waals surface area contributed by atoms with Crippen LogP contribution in [-0.4, -0.2) is 32.7 Å². The number of aryl methyl sites for hydroxylation is 1. The Kier molecular flexibility index (Phi) is 4.56. The van der Waals surface area contributed by atoms with Gasteiger partial charge in [0.1, 0.15) is 23.3 Å². The van der Waals surface area contributed by atoms with E-state index in [1.54, 1.807) is 23.1 Å². The highest BCUT2D eigenvalue weighted by atomic mass is 16.3. The van der Waals surface area contributed by atoms with Crippen molar-refractivity contribution in [2.75, 3.05) is 0 Å². The van der Waals surface area contributed by atoms with Crippen LogP contribution in [0.1, 0.15) is 55.2 Å². The molecule has 1 unspecified atom stereocenters.